The molecule has 2 aliphatic heterocycles. The number of aromatic nitrogens is 3. The van der Waals surface area contributed by atoms with Gasteiger partial charge in [-0.15, -0.1) is 0 Å². The summed E-state index contributed by atoms with van der Waals surface area (Å²) in [7, 11) is 0. The molecule has 3 aromatic rings. The monoisotopic (exact) mass is 390 g/mol. The van der Waals surface area contributed by atoms with E-state index in [1.807, 2.05) is 6.07 Å². The molecule has 5 rings (SSSR count). The number of morpholine rings is 1. The zero-order valence-electron chi connectivity index (χ0n) is 16.5. The first kappa shape index (κ1) is 18.3. The van der Waals surface area contributed by atoms with Crippen molar-refractivity contribution in [2.24, 2.45) is 5.92 Å². The number of rotatable bonds is 5. The molecule has 4 heterocycles. The van der Waals surface area contributed by atoms with Crippen LogP contribution in [-0.4, -0.2) is 60.9 Å². The lowest BCUT2D eigenvalue weighted by Crippen LogP contribution is -2.36. The van der Waals surface area contributed by atoms with Crippen LogP contribution in [-0.2, 0) is 4.74 Å². The molecule has 0 aliphatic carbocycles. The van der Waals surface area contributed by atoms with Gasteiger partial charge in [0.25, 0.3) is 0 Å². The summed E-state index contributed by atoms with van der Waals surface area (Å²) in [5, 5.41) is 6.94. The number of nitrogens with one attached hydrogen (secondary N) is 2. The van der Waals surface area contributed by atoms with Crippen molar-refractivity contribution in [1.82, 2.24) is 20.3 Å². The summed E-state index contributed by atoms with van der Waals surface area (Å²) < 4.78 is 5.45. The lowest BCUT2D eigenvalue weighted by molar-refractivity contribution is 0.122. The maximum absolute atomic E-state index is 5.45. The minimum absolute atomic E-state index is 0.625. The number of hydrogen-bond donors (Lipinski definition) is 2. The second-order valence-corrected chi connectivity index (χ2v) is 7.67. The maximum atomic E-state index is 5.45. The van der Waals surface area contributed by atoms with Crippen LogP contribution in [0.2, 0.25) is 0 Å². The van der Waals surface area contributed by atoms with E-state index in [0.717, 1.165) is 74.0 Å². The Morgan fingerprint density at radius 3 is 2.72 bits per heavy atom. The van der Waals surface area contributed by atoms with Crippen molar-refractivity contribution in [3.8, 4) is 11.3 Å². The van der Waals surface area contributed by atoms with Crippen LogP contribution in [0.15, 0.2) is 42.7 Å². The fraction of sp³-hybridized carbons (Fsp3) is 0.409. The molecule has 1 atom stereocenters. The average molecular weight is 390 g/mol. The molecule has 150 valence electrons. The average Bonchev–Trinajstić information content (AvgIpc) is 3.32. The minimum Gasteiger partial charge on any atom is -0.378 e. The Hall–Kier alpha value is -2.77. The Bertz CT molecular complexity index is 965. The molecule has 1 aromatic carbocycles. The largest absolute Gasteiger partial charge is 0.378 e. The van der Waals surface area contributed by atoms with Crippen molar-refractivity contribution in [2.45, 2.75) is 6.42 Å². The second kappa shape index (κ2) is 8.31. The van der Waals surface area contributed by atoms with Crippen LogP contribution >= 0.6 is 0 Å². The van der Waals surface area contributed by atoms with Crippen LogP contribution < -0.4 is 15.5 Å². The molecule has 2 aliphatic rings. The van der Waals surface area contributed by atoms with Gasteiger partial charge in [0.05, 0.1) is 24.4 Å². The second-order valence-electron chi connectivity index (χ2n) is 7.67. The van der Waals surface area contributed by atoms with Gasteiger partial charge in [-0.2, -0.15) is 0 Å². The number of benzene rings is 1. The van der Waals surface area contributed by atoms with Crippen LogP contribution in [0.5, 0.6) is 0 Å². The highest BCUT2D eigenvalue weighted by Gasteiger charge is 2.16. The van der Waals surface area contributed by atoms with Gasteiger partial charge in [0.15, 0.2) is 5.82 Å². The Kier molecular flexibility index (Phi) is 5.23. The predicted octanol–water partition coefficient (Wildman–Crippen LogP) is 2.55. The summed E-state index contributed by atoms with van der Waals surface area (Å²) in [4.78, 5) is 16.3. The van der Waals surface area contributed by atoms with E-state index < -0.39 is 0 Å². The Labute approximate surface area is 170 Å². The van der Waals surface area contributed by atoms with E-state index in [2.05, 4.69) is 49.8 Å². The van der Waals surface area contributed by atoms with Crippen LogP contribution in [0.25, 0.3) is 22.3 Å². The Balaban J connectivity index is 1.43. The Morgan fingerprint density at radius 2 is 1.93 bits per heavy atom. The van der Waals surface area contributed by atoms with E-state index in [4.69, 9.17) is 9.72 Å². The van der Waals surface area contributed by atoms with Crippen LogP contribution in [0.4, 0.5) is 11.5 Å². The molecule has 0 spiro atoms. The van der Waals surface area contributed by atoms with E-state index in [-0.39, 0.29) is 0 Å². The van der Waals surface area contributed by atoms with Gasteiger partial charge in [-0.05, 0) is 43.6 Å². The summed E-state index contributed by atoms with van der Waals surface area (Å²) in [6.45, 7) is 6.50. The number of hydrogen-bond acceptors (Lipinski definition) is 7. The van der Waals surface area contributed by atoms with Gasteiger partial charge in [-0.3, -0.25) is 4.98 Å². The molecule has 1 unspecified atom stereocenters. The number of nitrogens with zero attached hydrogens (tertiary/aromatic N) is 4. The molecule has 0 radical (unpaired) electrons. The van der Waals surface area contributed by atoms with E-state index in [1.54, 1.807) is 12.4 Å². The zero-order valence-corrected chi connectivity index (χ0v) is 16.5. The smallest absolute Gasteiger partial charge is 0.154 e. The molecule has 29 heavy (non-hydrogen) atoms. The van der Waals surface area contributed by atoms with Gasteiger partial charge in [-0.1, -0.05) is 12.1 Å². The van der Waals surface area contributed by atoms with Crippen LogP contribution in [0, 0.1) is 5.92 Å². The fourth-order valence-electron chi connectivity index (χ4n) is 4.04. The molecule has 7 nitrogen and oxygen atoms in total. The van der Waals surface area contributed by atoms with Crippen molar-refractivity contribution in [2.75, 3.05) is 56.2 Å². The molecule has 0 bridgehead atoms. The highest BCUT2D eigenvalue weighted by molar-refractivity contribution is 5.88. The predicted molar refractivity (Wildman–Crippen MR) is 115 cm³/mol. The van der Waals surface area contributed by atoms with Gasteiger partial charge in [0, 0.05) is 43.3 Å². The summed E-state index contributed by atoms with van der Waals surface area (Å²) in [5.74, 6) is 1.44. The molecule has 2 saturated heterocycles. The van der Waals surface area contributed by atoms with E-state index in [1.165, 1.54) is 12.1 Å². The topological polar surface area (TPSA) is 75.2 Å². The number of anilines is 2. The first-order valence-electron chi connectivity index (χ1n) is 10.4. The molecule has 0 saturated carbocycles. The number of pyridine rings is 1. The van der Waals surface area contributed by atoms with E-state index in [0.29, 0.717) is 5.92 Å². The Morgan fingerprint density at radius 1 is 1.10 bits per heavy atom. The van der Waals surface area contributed by atoms with Crippen molar-refractivity contribution in [3.05, 3.63) is 42.7 Å². The number of ether oxygens (including phenoxy) is 1. The molecular weight excluding hydrogens is 364 g/mol. The van der Waals surface area contributed by atoms with Gasteiger partial charge in [0.1, 0.15) is 5.52 Å². The van der Waals surface area contributed by atoms with E-state index in [9.17, 15) is 0 Å². The lowest BCUT2D eigenvalue weighted by Gasteiger charge is -2.28. The molecule has 2 fully saturated rings. The van der Waals surface area contributed by atoms with Gasteiger partial charge < -0.3 is 20.3 Å². The summed E-state index contributed by atoms with van der Waals surface area (Å²) in [6, 6.07) is 10.6. The normalized spacial score (nSPS) is 19.6. The van der Waals surface area contributed by atoms with Crippen molar-refractivity contribution < 1.29 is 4.74 Å². The molecule has 7 heteroatoms. The zero-order chi connectivity index (χ0) is 19.5. The molecule has 0 amide bonds. The lowest BCUT2D eigenvalue weighted by atomic mass is 10.1. The summed E-state index contributed by atoms with van der Waals surface area (Å²) in [5.41, 5.74) is 4.91. The number of fused-ring (bicyclic) bond motifs is 1. The van der Waals surface area contributed by atoms with Crippen LogP contribution in [0.3, 0.4) is 0 Å². The van der Waals surface area contributed by atoms with Crippen molar-refractivity contribution >= 4 is 22.5 Å². The molecular formula is C22H26N6O. The maximum Gasteiger partial charge on any atom is 0.154 e. The highest BCUT2D eigenvalue weighted by Crippen LogP contribution is 2.27. The van der Waals surface area contributed by atoms with Gasteiger partial charge >= 0.3 is 0 Å². The highest BCUT2D eigenvalue weighted by atomic mass is 16.5. The minimum atomic E-state index is 0.625. The van der Waals surface area contributed by atoms with Crippen molar-refractivity contribution in [3.63, 3.8) is 0 Å². The summed E-state index contributed by atoms with van der Waals surface area (Å²) >= 11 is 0. The quantitative estimate of drug-likeness (QED) is 0.693. The van der Waals surface area contributed by atoms with Gasteiger partial charge in [0.2, 0.25) is 0 Å². The third-order valence-electron chi connectivity index (χ3n) is 5.72. The van der Waals surface area contributed by atoms with Crippen LogP contribution in [0.1, 0.15) is 6.42 Å². The van der Waals surface area contributed by atoms with Crippen molar-refractivity contribution in [1.29, 1.82) is 0 Å². The third-order valence-corrected chi connectivity index (χ3v) is 5.72. The summed E-state index contributed by atoms with van der Waals surface area (Å²) in [6.07, 6.45) is 4.65. The first-order chi connectivity index (χ1) is 14.4. The third kappa shape index (κ3) is 4.02. The van der Waals surface area contributed by atoms with E-state index >= 15 is 0 Å². The molecule has 2 aromatic heterocycles. The fourth-order valence-corrected chi connectivity index (χ4v) is 4.04. The first-order valence-corrected chi connectivity index (χ1v) is 10.4. The van der Waals surface area contributed by atoms with Gasteiger partial charge in [-0.25, -0.2) is 9.97 Å². The SMILES string of the molecule is c1cnc2c(NCC3CCNC3)nc(-c3ccc(N4CCOCC4)cc3)cc2n1. The standard InChI is InChI=1S/C22H26N6O/c1-3-18(28-9-11-29-12-10-28)4-2-17(1)19-13-20-21(25-8-7-24-20)22(27-19)26-15-16-5-6-23-14-16/h1-4,7-8,13,16,23H,5-6,9-12,14-15H2,(H,26,27). The molecule has 2 N–H and O–H groups in total.